The summed E-state index contributed by atoms with van der Waals surface area (Å²) in [5, 5.41) is 10.3. The quantitative estimate of drug-likeness (QED) is 0.914. The molecule has 0 amide bonds. The maximum absolute atomic E-state index is 13.0. The Balaban J connectivity index is 1.89. The number of rotatable bonds is 3. The number of hydrogen-bond donors (Lipinski definition) is 1. The molecule has 0 radical (unpaired) electrons. The average molecular weight is 339 g/mol. The van der Waals surface area contributed by atoms with Crippen LogP contribution in [0.15, 0.2) is 29.2 Å². The van der Waals surface area contributed by atoms with E-state index in [9.17, 15) is 13.5 Å². The number of aliphatic hydroxyl groups is 1. The summed E-state index contributed by atoms with van der Waals surface area (Å²) in [5.74, 6) is -0.0377. The molecule has 1 aromatic rings. The fourth-order valence-electron chi connectivity index (χ4n) is 3.68. The molecule has 23 heavy (non-hydrogen) atoms. The van der Waals surface area contributed by atoms with Crippen molar-refractivity contribution in [2.75, 3.05) is 19.8 Å². The Morgan fingerprint density at radius 2 is 1.87 bits per heavy atom. The Morgan fingerprint density at radius 1 is 1.17 bits per heavy atom. The van der Waals surface area contributed by atoms with Crippen LogP contribution in [-0.4, -0.2) is 49.7 Å². The molecule has 0 aromatic heterocycles. The van der Waals surface area contributed by atoms with Gasteiger partial charge in [-0.1, -0.05) is 30.5 Å². The highest BCUT2D eigenvalue weighted by Crippen LogP contribution is 2.33. The van der Waals surface area contributed by atoms with E-state index < -0.39 is 16.1 Å². The molecule has 1 saturated heterocycles. The normalized spacial score (nSPS) is 30.3. The molecule has 0 spiro atoms. The molecule has 2 fully saturated rings. The predicted molar refractivity (Wildman–Crippen MR) is 87.6 cm³/mol. The van der Waals surface area contributed by atoms with E-state index in [0.29, 0.717) is 24.7 Å². The minimum atomic E-state index is -3.56. The number of sulfonamides is 1. The predicted octanol–water partition coefficient (Wildman–Crippen LogP) is 1.94. The fraction of sp³-hybridized carbons (Fsp3) is 0.647. The molecule has 1 aliphatic heterocycles. The Kier molecular flexibility index (Phi) is 5.06. The third kappa shape index (κ3) is 3.45. The van der Waals surface area contributed by atoms with Crippen LogP contribution in [0.2, 0.25) is 0 Å². The van der Waals surface area contributed by atoms with Crippen molar-refractivity contribution in [3.63, 3.8) is 0 Å². The number of aryl methyl sites for hydroxylation is 1. The van der Waals surface area contributed by atoms with Gasteiger partial charge in [0.05, 0.1) is 30.3 Å². The summed E-state index contributed by atoms with van der Waals surface area (Å²) < 4.78 is 33.2. The Bertz CT molecular complexity index is 628. The highest BCUT2D eigenvalue weighted by atomic mass is 32.2. The molecular formula is C17H25NO4S. The number of ether oxygens (including phenoxy) is 1. The first-order chi connectivity index (χ1) is 11.0. The van der Waals surface area contributed by atoms with Gasteiger partial charge >= 0.3 is 0 Å². The third-order valence-corrected chi connectivity index (χ3v) is 6.96. The van der Waals surface area contributed by atoms with Crippen LogP contribution in [0.3, 0.4) is 0 Å². The van der Waals surface area contributed by atoms with Crippen molar-refractivity contribution in [1.29, 1.82) is 0 Å². The lowest BCUT2D eigenvalue weighted by atomic mass is 9.81. The summed E-state index contributed by atoms with van der Waals surface area (Å²) in [7, 11) is -3.56. The van der Waals surface area contributed by atoms with Gasteiger partial charge in [-0.2, -0.15) is 4.31 Å². The standard InChI is InChI=1S/C17H25NO4S/c1-13-6-8-14(9-7-13)23(20,21)18-10-11-22-12-16(18)15-4-2-3-5-17(15)19/h6-9,15-17,19H,2-5,10-12H2,1H3/t15-,16-,17-/m1/s1. The van der Waals surface area contributed by atoms with Crippen LogP contribution in [0, 0.1) is 12.8 Å². The molecule has 2 aliphatic rings. The lowest BCUT2D eigenvalue weighted by molar-refractivity contribution is -0.0379. The van der Waals surface area contributed by atoms with Crippen LogP contribution in [0.1, 0.15) is 31.2 Å². The third-order valence-electron chi connectivity index (χ3n) is 5.02. The molecule has 3 rings (SSSR count). The van der Waals surface area contributed by atoms with Crippen LogP contribution < -0.4 is 0 Å². The van der Waals surface area contributed by atoms with Gasteiger partial charge in [0, 0.05) is 12.5 Å². The fourth-order valence-corrected chi connectivity index (χ4v) is 5.32. The Hall–Kier alpha value is -0.950. The molecule has 5 nitrogen and oxygen atoms in total. The van der Waals surface area contributed by atoms with E-state index in [1.165, 1.54) is 0 Å². The van der Waals surface area contributed by atoms with E-state index in [4.69, 9.17) is 4.74 Å². The Morgan fingerprint density at radius 3 is 2.57 bits per heavy atom. The van der Waals surface area contributed by atoms with Gasteiger partial charge in [-0.15, -0.1) is 0 Å². The molecule has 1 saturated carbocycles. The van der Waals surface area contributed by atoms with Gasteiger partial charge in [0.2, 0.25) is 10.0 Å². The molecule has 1 aromatic carbocycles. The first kappa shape index (κ1) is 16.9. The molecule has 0 unspecified atom stereocenters. The summed E-state index contributed by atoms with van der Waals surface area (Å²) in [6.07, 6.45) is 3.22. The van der Waals surface area contributed by atoms with Crippen LogP contribution in [-0.2, 0) is 14.8 Å². The molecule has 1 heterocycles. The molecule has 3 atom stereocenters. The van der Waals surface area contributed by atoms with Crippen LogP contribution in [0.4, 0.5) is 0 Å². The zero-order valence-electron chi connectivity index (χ0n) is 13.5. The van der Waals surface area contributed by atoms with Crippen LogP contribution in [0.5, 0.6) is 0 Å². The van der Waals surface area contributed by atoms with Crippen LogP contribution in [0.25, 0.3) is 0 Å². The van der Waals surface area contributed by atoms with Gasteiger partial charge in [0.25, 0.3) is 0 Å². The molecule has 0 bridgehead atoms. The monoisotopic (exact) mass is 339 g/mol. The van der Waals surface area contributed by atoms with Crippen molar-refractivity contribution in [3.8, 4) is 0 Å². The van der Waals surface area contributed by atoms with E-state index in [0.717, 1.165) is 31.2 Å². The average Bonchev–Trinajstić information content (AvgIpc) is 2.56. The van der Waals surface area contributed by atoms with Crippen LogP contribution >= 0.6 is 0 Å². The van der Waals surface area contributed by atoms with Crippen molar-refractivity contribution in [2.45, 2.75) is 49.6 Å². The second-order valence-corrected chi connectivity index (χ2v) is 8.48. The zero-order valence-corrected chi connectivity index (χ0v) is 14.3. The van der Waals surface area contributed by atoms with Crippen molar-refractivity contribution >= 4 is 10.0 Å². The van der Waals surface area contributed by atoms with E-state index in [-0.39, 0.29) is 12.0 Å². The van der Waals surface area contributed by atoms with Crippen molar-refractivity contribution in [1.82, 2.24) is 4.31 Å². The highest BCUT2D eigenvalue weighted by Gasteiger charge is 2.41. The lowest BCUT2D eigenvalue weighted by Crippen LogP contribution is -2.54. The summed E-state index contributed by atoms with van der Waals surface area (Å²) in [4.78, 5) is 0.320. The SMILES string of the molecule is Cc1ccc(S(=O)(=O)N2CCOC[C@@H]2[C@H]2CCCC[C@H]2O)cc1. The van der Waals surface area contributed by atoms with E-state index >= 15 is 0 Å². The number of aliphatic hydroxyl groups excluding tert-OH is 1. The number of morpholine rings is 1. The molecular weight excluding hydrogens is 314 g/mol. The first-order valence-electron chi connectivity index (χ1n) is 8.34. The molecule has 128 valence electrons. The lowest BCUT2D eigenvalue weighted by Gasteiger charge is -2.42. The molecule has 1 N–H and O–H groups in total. The van der Waals surface area contributed by atoms with Crippen molar-refractivity contribution in [3.05, 3.63) is 29.8 Å². The van der Waals surface area contributed by atoms with Gasteiger partial charge in [0.15, 0.2) is 0 Å². The van der Waals surface area contributed by atoms with Gasteiger partial charge in [0.1, 0.15) is 0 Å². The zero-order chi connectivity index (χ0) is 16.4. The maximum atomic E-state index is 13.0. The number of hydrogen-bond acceptors (Lipinski definition) is 4. The van der Waals surface area contributed by atoms with Gasteiger partial charge < -0.3 is 9.84 Å². The van der Waals surface area contributed by atoms with E-state index in [1.807, 2.05) is 19.1 Å². The second kappa shape index (κ2) is 6.89. The summed E-state index contributed by atoms with van der Waals surface area (Å²) >= 11 is 0. The Labute approximate surface area is 138 Å². The van der Waals surface area contributed by atoms with E-state index in [1.54, 1.807) is 16.4 Å². The van der Waals surface area contributed by atoms with Gasteiger partial charge in [-0.05, 0) is 31.9 Å². The number of nitrogens with zero attached hydrogens (tertiary/aromatic N) is 1. The summed E-state index contributed by atoms with van der Waals surface area (Å²) in [5.41, 5.74) is 1.03. The largest absolute Gasteiger partial charge is 0.393 e. The van der Waals surface area contributed by atoms with Crippen molar-refractivity contribution in [2.24, 2.45) is 5.92 Å². The maximum Gasteiger partial charge on any atom is 0.243 e. The smallest absolute Gasteiger partial charge is 0.243 e. The first-order valence-corrected chi connectivity index (χ1v) is 9.78. The number of benzene rings is 1. The van der Waals surface area contributed by atoms with Crippen molar-refractivity contribution < 1.29 is 18.3 Å². The summed E-state index contributed by atoms with van der Waals surface area (Å²) in [6.45, 7) is 3.06. The van der Waals surface area contributed by atoms with E-state index in [2.05, 4.69) is 0 Å². The minimum Gasteiger partial charge on any atom is -0.393 e. The molecule has 1 aliphatic carbocycles. The molecule has 6 heteroatoms. The highest BCUT2D eigenvalue weighted by molar-refractivity contribution is 7.89. The van der Waals surface area contributed by atoms with Gasteiger partial charge in [-0.25, -0.2) is 8.42 Å². The minimum absolute atomic E-state index is 0.0377. The topological polar surface area (TPSA) is 66.8 Å². The van der Waals surface area contributed by atoms with Gasteiger partial charge in [-0.3, -0.25) is 0 Å². The second-order valence-electron chi connectivity index (χ2n) is 6.59. The summed E-state index contributed by atoms with van der Waals surface area (Å²) in [6, 6.07) is 6.68.